The molecule has 1 fully saturated rings. The summed E-state index contributed by atoms with van der Waals surface area (Å²) in [6, 6.07) is 6.02. The lowest BCUT2D eigenvalue weighted by Crippen LogP contribution is -2.39. The summed E-state index contributed by atoms with van der Waals surface area (Å²) in [5.41, 5.74) is 6.96. The van der Waals surface area contributed by atoms with Crippen molar-refractivity contribution in [3.05, 3.63) is 35.9 Å². The Bertz CT molecular complexity index is 556. The monoisotopic (exact) mass is 276 g/mol. The first-order chi connectivity index (χ1) is 9.47. The minimum Gasteiger partial charge on any atom is -0.480 e. The summed E-state index contributed by atoms with van der Waals surface area (Å²) in [4.78, 5) is 24.2. The molecule has 4 N–H and O–H groups in total. The molecule has 0 aromatic heterocycles. The molecular weight excluding hydrogens is 260 g/mol. The molecule has 1 amide bonds. The van der Waals surface area contributed by atoms with Crippen LogP contribution in [0.15, 0.2) is 30.3 Å². The maximum Gasteiger partial charge on any atom is 0.326 e. The molecule has 1 saturated heterocycles. The van der Waals surface area contributed by atoms with E-state index in [1.807, 2.05) is 0 Å². The zero-order valence-corrected chi connectivity index (χ0v) is 10.8. The first-order valence-electron chi connectivity index (χ1n) is 6.22. The van der Waals surface area contributed by atoms with Gasteiger partial charge in [-0.25, -0.2) is 4.79 Å². The van der Waals surface area contributed by atoms with Crippen LogP contribution >= 0.6 is 0 Å². The molecule has 2 atom stereocenters. The maximum atomic E-state index is 12.0. The summed E-state index contributed by atoms with van der Waals surface area (Å²) >= 11 is 0. The van der Waals surface area contributed by atoms with Gasteiger partial charge >= 0.3 is 5.97 Å². The summed E-state index contributed by atoms with van der Waals surface area (Å²) in [6.07, 6.45) is 2.14. The molecule has 1 heterocycles. The third kappa shape index (κ3) is 3.16. The summed E-state index contributed by atoms with van der Waals surface area (Å²) in [5, 5.41) is 18.5. The Balaban J connectivity index is 2.09. The number of carboxylic acid groups (broad SMARTS) is 1. The predicted octanol–water partition coefficient (Wildman–Crippen LogP) is 0.328. The van der Waals surface area contributed by atoms with Crippen LogP contribution in [-0.2, 0) is 9.59 Å². The second-order valence-corrected chi connectivity index (χ2v) is 4.74. The van der Waals surface area contributed by atoms with Crippen molar-refractivity contribution < 1.29 is 19.8 Å². The highest BCUT2D eigenvalue weighted by molar-refractivity contribution is 5.95. The molecule has 0 saturated carbocycles. The predicted molar refractivity (Wildman–Crippen MR) is 73.6 cm³/mol. The Morgan fingerprint density at radius 3 is 2.80 bits per heavy atom. The molecule has 1 aromatic rings. The first-order valence-corrected chi connectivity index (χ1v) is 6.22. The Hall–Kier alpha value is -2.34. The topological polar surface area (TPSA) is 104 Å². The van der Waals surface area contributed by atoms with Crippen LogP contribution in [0.3, 0.4) is 0 Å². The number of benzene rings is 1. The van der Waals surface area contributed by atoms with Crippen LogP contribution < -0.4 is 5.73 Å². The SMILES string of the molecule is Nc1cccc(/C=C/C(=O)N2C[C@H](O)C[C@H]2C(=O)O)c1. The van der Waals surface area contributed by atoms with Gasteiger partial charge in [0.1, 0.15) is 6.04 Å². The lowest BCUT2D eigenvalue weighted by atomic mass is 10.2. The van der Waals surface area contributed by atoms with Gasteiger partial charge in [-0.1, -0.05) is 12.1 Å². The number of nitrogens with zero attached hydrogens (tertiary/aromatic N) is 1. The smallest absolute Gasteiger partial charge is 0.326 e. The van der Waals surface area contributed by atoms with Crippen LogP contribution in [0, 0.1) is 0 Å². The molecule has 106 valence electrons. The van der Waals surface area contributed by atoms with E-state index in [1.54, 1.807) is 30.3 Å². The normalized spacial score (nSPS) is 22.4. The van der Waals surface area contributed by atoms with E-state index >= 15 is 0 Å². The summed E-state index contributed by atoms with van der Waals surface area (Å²) in [5.74, 6) is -1.54. The highest BCUT2D eigenvalue weighted by Crippen LogP contribution is 2.19. The molecule has 6 nitrogen and oxygen atoms in total. The fraction of sp³-hybridized carbons (Fsp3) is 0.286. The molecule has 1 aromatic carbocycles. The number of hydrogen-bond donors (Lipinski definition) is 3. The number of nitrogens with two attached hydrogens (primary N) is 1. The van der Waals surface area contributed by atoms with Crippen molar-refractivity contribution in [2.24, 2.45) is 0 Å². The van der Waals surface area contributed by atoms with Gasteiger partial charge in [-0.3, -0.25) is 4.79 Å². The van der Waals surface area contributed by atoms with Crippen LogP contribution in [0.2, 0.25) is 0 Å². The third-order valence-corrected chi connectivity index (χ3v) is 3.18. The zero-order chi connectivity index (χ0) is 14.7. The van der Waals surface area contributed by atoms with Gasteiger partial charge < -0.3 is 20.8 Å². The molecule has 1 aliphatic rings. The number of aliphatic hydroxyl groups excluding tert-OH is 1. The van der Waals surface area contributed by atoms with Crippen LogP contribution in [-0.4, -0.2) is 45.7 Å². The van der Waals surface area contributed by atoms with Gasteiger partial charge in [0.25, 0.3) is 0 Å². The summed E-state index contributed by atoms with van der Waals surface area (Å²) < 4.78 is 0. The van der Waals surface area contributed by atoms with Crippen LogP contribution in [0.4, 0.5) is 5.69 Å². The third-order valence-electron chi connectivity index (χ3n) is 3.18. The van der Waals surface area contributed by atoms with Crippen LogP contribution in [0.1, 0.15) is 12.0 Å². The fourth-order valence-corrected chi connectivity index (χ4v) is 2.22. The molecule has 0 unspecified atom stereocenters. The number of rotatable bonds is 3. The summed E-state index contributed by atoms with van der Waals surface area (Å²) in [7, 11) is 0. The van der Waals surface area contributed by atoms with Crippen molar-refractivity contribution in [3.8, 4) is 0 Å². The number of carbonyl (C=O) groups is 2. The molecule has 0 bridgehead atoms. The van der Waals surface area contributed by atoms with Gasteiger partial charge in [0.2, 0.25) is 5.91 Å². The number of nitrogen functional groups attached to an aromatic ring is 1. The first kappa shape index (κ1) is 14.1. The van der Waals surface area contributed by atoms with E-state index in [-0.39, 0.29) is 13.0 Å². The van der Waals surface area contributed by atoms with Crippen molar-refractivity contribution in [3.63, 3.8) is 0 Å². The number of carbonyl (C=O) groups excluding carboxylic acids is 1. The molecule has 0 aliphatic carbocycles. The minimum atomic E-state index is -1.10. The van der Waals surface area contributed by atoms with Crippen LogP contribution in [0.25, 0.3) is 6.08 Å². The van der Waals surface area contributed by atoms with Crippen molar-refractivity contribution >= 4 is 23.6 Å². The van der Waals surface area contributed by atoms with E-state index in [4.69, 9.17) is 10.8 Å². The number of carboxylic acids is 1. The van der Waals surface area contributed by atoms with Crippen molar-refractivity contribution in [2.75, 3.05) is 12.3 Å². The zero-order valence-electron chi connectivity index (χ0n) is 10.8. The number of amides is 1. The number of hydrogen-bond acceptors (Lipinski definition) is 4. The maximum absolute atomic E-state index is 12.0. The fourth-order valence-electron chi connectivity index (χ4n) is 2.22. The molecule has 0 spiro atoms. The van der Waals surface area contributed by atoms with Gasteiger partial charge in [-0.15, -0.1) is 0 Å². The van der Waals surface area contributed by atoms with Gasteiger partial charge in [0.15, 0.2) is 0 Å². The average molecular weight is 276 g/mol. The highest BCUT2D eigenvalue weighted by atomic mass is 16.4. The lowest BCUT2D eigenvalue weighted by molar-refractivity contribution is -0.146. The van der Waals surface area contributed by atoms with Gasteiger partial charge in [-0.2, -0.15) is 0 Å². The van der Waals surface area contributed by atoms with Crippen molar-refractivity contribution in [2.45, 2.75) is 18.6 Å². The quantitative estimate of drug-likeness (QED) is 0.545. The Morgan fingerprint density at radius 1 is 1.40 bits per heavy atom. The van der Waals surface area contributed by atoms with E-state index in [0.717, 1.165) is 10.5 Å². The lowest BCUT2D eigenvalue weighted by Gasteiger charge is -2.19. The number of β-amino-alcohol motifs (C(OH)–C–C–N with tert-alkyl or cyclic N) is 1. The van der Waals surface area contributed by atoms with Gasteiger partial charge in [0, 0.05) is 24.7 Å². The Labute approximate surface area is 116 Å². The minimum absolute atomic E-state index is 0.0388. The average Bonchev–Trinajstić information content (AvgIpc) is 2.78. The molecule has 2 rings (SSSR count). The molecule has 0 radical (unpaired) electrons. The molecule has 20 heavy (non-hydrogen) atoms. The highest BCUT2D eigenvalue weighted by Gasteiger charge is 2.37. The van der Waals surface area contributed by atoms with E-state index in [2.05, 4.69) is 0 Å². The second kappa shape index (κ2) is 5.75. The standard InChI is InChI=1S/C14H16N2O4/c15-10-3-1-2-9(6-10)4-5-13(18)16-8-11(17)7-12(16)14(19)20/h1-6,11-12,17H,7-8,15H2,(H,19,20)/b5-4+/t11-,12+/m1/s1. The summed E-state index contributed by atoms with van der Waals surface area (Å²) in [6.45, 7) is 0.0388. The van der Waals surface area contributed by atoms with Crippen molar-refractivity contribution in [1.29, 1.82) is 0 Å². The van der Waals surface area contributed by atoms with E-state index in [0.29, 0.717) is 5.69 Å². The van der Waals surface area contributed by atoms with Gasteiger partial charge in [-0.05, 0) is 23.8 Å². The van der Waals surface area contributed by atoms with Crippen molar-refractivity contribution in [1.82, 2.24) is 4.90 Å². The number of likely N-dealkylation sites (tertiary alicyclic amines) is 1. The molecular formula is C14H16N2O4. The molecule has 6 heteroatoms. The second-order valence-electron chi connectivity index (χ2n) is 4.74. The Morgan fingerprint density at radius 2 is 2.15 bits per heavy atom. The number of aliphatic carboxylic acids is 1. The van der Waals surface area contributed by atoms with Gasteiger partial charge in [0.05, 0.1) is 6.10 Å². The van der Waals surface area contributed by atoms with Crippen LogP contribution in [0.5, 0.6) is 0 Å². The number of aliphatic hydroxyl groups is 1. The van der Waals surface area contributed by atoms with E-state index in [9.17, 15) is 14.7 Å². The van der Waals surface area contributed by atoms with E-state index in [1.165, 1.54) is 6.08 Å². The molecule has 1 aliphatic heterocycles. The van der Waals surface area contributed by atoms with E-state index < -0.39 is 24.0 Å². The Kier molecular flexibility index (Phi) is 4.05. The largest absolute Gasteiger partial charge is 0.480 e. The number of anilines is 1.